The summed E-state index contributed by atoms with van der Waals surface area (Å²) in [7, 11) is 0. The molecule has 0 saturated carbocycles. The highest BCUT2D eigenvalue weighted by molar-refractivity contribution is 5.94. The average Bonchev–Trinajstić information content (AvgIpc) is 2.73. The lowest BCUT2D eigenvalue weighted by atomic mass is 10.1. The van der Waals surface area contributed by atoms with Crippen molar-refractivity contribution in [3.8, 4) is 5.75 Å². The fourth-order valence-corrected chi connectivity index (χ4v) is 1.59. The number of aromatic carboxylic acids is 1. The van der Waals surface area contributed by atoms with E-state index in [1.807, 2.05) is 0 Å². The Morgan fingerprint density at radius 1 is 1.56 bits per heavy atom. The van der Waals surface area contributed by atoms with Crippen molar-refractivity contribution in [3.63, 3.8) is 0 Å². The maximum Gasteiger partial charge on any atom is 0.337 e. The van der Waals surface area contributed by atoms with Crippen LogP contribution in [0.5, 0.6) is 5.75 Å². The van der Waals surface area contributed by atoms with Gasteiger partial charge in [0.2, 0.25) is 0 Å². The van der Waals surface area contributed by atoms with Gasteiger partial charge in [-0.3, -0.25) is 0 Å². The van der Waals surface area contributed by atoms with Crippen LogP contribution in [-0.2, 0) is 4.74 Å². The third-order valence-corrected chi connectivity index (χ3v) is 2.45. The molecule has 1 aliphatic heterocycles. The molecule has 2 rings (SSSR count). The van der Waals surface area contributed by atoms with E-state index in [4.69, 9.17) is 20.3 Å². The second-order valence-corrected chi connectivity index (χ2v) is 3.66. The van der Waals surface area contributed by atoms with Crippen molar-refractivity contribution in [3.05, 3.63) is 23.8 Å². The number of nitrogens with two attached hydrogens (primary N) is 1. The van der Waals surface area contributed by atoms with Crippen molar-refractivity contribution >= 4 is 11.7 Å². The number of carboxylic acids is 1. The summed E-state index contributed by atoms with van der Waals surface area (Å²) in [6.07, 6.45) is 0.831. The first-order chi connectivity index (χ1) is 7.66. The fraction of sp³-hybridized carbons (Fsp3) is 0.364. The highest BCUT2D eigenvalue weighted by atomic mass is 16.5. The lowest BCUT2D eigenvalue weighted by Gasteiger charge is -2.12. The van der Waals surface area contributed by atoms with Crippen molar-refractivity contribution in [1.82, 2.24) is 0 Å². The molecule has 1 atom stereocenters. The average molecular weight is 223 g/mol. The monoisotopic (exact) mass is 223 g/mol. The summed E-state index contributed by atoms with van der Waals surface area (Å²) in [6, 6.07) is 4.64. The Morgan fingerprint density at radius 2 is 2.38 bits per heavy atom. The molecule has 5 heteroatoms. The Labute approximate surface area is 92.8 Å². The summed E-state index contributed by atoms with van der Waals surface area (Å²) in [5.74, 6) is -0.535. The fourth-order valence-electron chi connectivity index (χ4n) is 1.59. The molecule has 1 aromatic rings. The van der Waals surface area contributed by atoms with Crippen molar-refractivity contribution < 1.29 is 19.4 Å². The van der Waals surface area contributed by atoms with Crippen LogP contribution >= 0.6 is 0 Å². The minimum Gasteiger partial charge on any atom is -0.488 e. The van der Waals surface area contributed by atoms with Crippen LogP contribution in [0, 0.1) is 0 Å². The van der Waals surface area contributed by atoms with Gasteiger partial charge in [-0.2, -0.15) is 0 Å². The van der Waals surface area contributed by atoms with Crippen molar-refractivity contribution in [1.29, 1.82) is 0 Å². The molecule has 0 bridgehead atoms. The van der Waals surface area contributed by atoms with Gasteiger partial charge in [-0.05, 0) is 18.2 Å². The molecule has 1 unspecified atom stereocenters. The Kier molecular flexibility index (Phi) is 2.96. The van der Waals surface area contributed by atoms with Crippen LogP contribution in [0.3, 0.4) is 0 Å². The van der Waals surface area contributed by atoms with Crippen LogP contribution in [0.1, 0.15) is 16.8 Å². The van der Waals surface area contributed by atoms with Crippen LogP contribution in [0.15, 0.2) is 18.2 Å². The molecule has 0 radical (unpaired) electrons. The van der Waals surface area contributed by atoms with E-state index in [1.54, 1.807) is 6.07 Å². The van der Waals surface area contributed by atoms with Crippen LogP contribution in [0.4, 0.5) is 5.69 Å². The highest BCUT2D eigenvalue weighted by Crippen LogP contribution is 2.22. The Balaban J connectivity index is 2.15. The lowest BCUT2D eigenvalue weighted by molar-refractivity contribution is 0.0697. The van der Waals surface area contributed by atoms with E-state index in [1.165, 1.54) is 12.1 Å². The molecular formula is C11H13NO4. The smallest absolute Gasteiger partial charge is 0.337 e. The minimum absolute atomic E-state index is 0.00488. The van der Waals surface area contributed by atoms with Gasteiger partial charge >= 0.3 is 5.97 Å². The molecular weight excluding hydrogens is 210 g/mol. The van der Waals surface area contributed by atoms with Gasteiger partial charge in [0, 0.05) is 12.1 Å². The topological polar surface area (TPSA) is 81.8 Å². The Bertz CT molecular complexity index is 399. The summed E-state index contributed by atoms with van der Waals surface area (Å²) in [4.78, 5) is 10.9. The van der Waals surface area contributed by atoms with E-state index >= 15 is 0 Å². The van der Waals surface area contributed by atoms with Crippen molar-refractivity contribution in [2.24, 2.45) is 0 Å². The van der Waals surface area contributed by atoms with E-state index in [0.29, 0.717) is 19.0 Å². The molecule has 1 heterocycles. The summed E-state index contributed by atoms with van der Waals surface area (Å²) < 4.78 is 10.7. The Hall–Kier alpha value is -1.75. The first-order valence-electron chi connectivity index (χ1n) is 5.04. The maximum atomic E-state index is 10.9. The number of benzene rings is 1. The molecule has 16 heavy (non-hydrogen) atoms. The molecule has 0 aromatic heterocycles. The lowest BCUT2D eigenvalue weighted by Crippen LogP contribution is -2.16. The van der Waals surface area contributed by atoms with Gasteiger partial charge in [-0.15, -0.1) is 0 Å². The van der Waals surface area contributed by atoms with Gasteiger partial charge in [0.05, 0.1) is 18.8 Å². The number of hydrogen-bond donors (Lipinski definition) is 2. The SMILES string of the molecule is Nc1ccc(OC2CCOC2)cc1C(=O)O. The number of nitrogen functional groups attached to an aromatic ring is 1. The maximum absolute atomic E-state index is 10.9. The third-order valence-electron chi connectivity index (χ3n) is 2.45. The van der Waals surface area contributed by atoms with Gasteiger partial charge in [0.1, 0.15) is 11.9 Å². The standard InChI is InChI=1S/C11H13NO4/c12-10-2-1-7(5-9(10)11(13)14)16-8-3-4-15-6-8/h1-2,5,8H,3-4,6,12H2,(H,13,14). The zero-order chi connectivity index (χ0) is 11.5. The number of hydrogen-bond acceptors (Lipinski definition) is 4. The molecule has 0 aliphatic carbocycles. The van der Waals surface area contributed by atoms with Crippen molar-refractivity contribution in [2.45, 2.75) is 12.5 Å². The van der Waals surface area contributed by atoms with Crippen molar-refractivity contribution in [2.75, 3.05) is 18.9 Å². The zero-order valence-corrected chi connectivity index (χ0v) is 8.68. The number of rotatable bonds is 3. The predicted molar refractivity (Wildman–Crippen MR) is 57.7 cm³/mol. The zero-order valence-electron chi connectivity index (χ0n) is 8.68. The van der Waals surface area contributed by atoms with E-state index in [-0.39, 0.29) is 17.4 Å². The first-order valence-corrected chi connectivity index (χ1v) is 5.04. The van der Waals surface area contributed by atoms with Crippen LogP contribution in [0.2, 0.25) is 0 Å². The van der Waals surface area contributed by atoms with Gasteiger partial charge in [-0.25, -0.2) is 4.79 Å². The van der Waals surface area contributed by atoms with E-state index in [2.05, 4.69) is 0 Å². The summed E-state index contributed by atoms with van der Waals surface area (Å²) >= 11 is 0. The number of carboxylic acid groups (broad SMARTS) is 1. The molecule has 0 amide bonds. The second kappa shape index (κ2) is 4.40. The van der Waals surface area contributed by atoms with Crippen LogP contribution in [0.25, 0.3) is 0 Å². The van der Waals surface area contributed by atoms with Gasteiger partial charge in [0.25, 0.3) is 0 Å². The minimum atomic E-state index is -1.05. The van der Waals surface area contributed by atoms with Crippen LogP contribution in [-0.4, -0.2) is 30.4 Å². The molecule has 1 aliphatic rings. The van der Waals surface area contributed by atoms with Gasteiger partial charge in [0.15, 0.2) is 0 Å². The normalized spacial score (nSPS) is 19.6. The van der Waals surface area contributed by atoms with Gasteiger partial charge in [-0.1, -0.05) is 0 Å². The first kappa shape index (κ1) is 10.8. The Morgan fingerprint density at radius 3 is 3.00 bits per heavy atom. The molecule has 1 fully saturated rings. The van der Waals surface area contributed by atoms with E-state index < -0.39 is 5.97 Å². The van der Waals surface area contributed by atoms with E-state index in [0.717, 1.165) is 6.42 Å². The number of carbonyl (C=O) groups is 1. The predicted octanol–water partition coefficient (Wildman–Crippen LogP) is 1.13. The van der Waals surface area contributed by atoms with Gasteiger partial charge < -0.3 is 20.3 Å². The molecule has 3 N–H and O–H groups in total. The quantitative estimate of drug-likeness (QED) is 0.751. The van der Waals surface area contributed by atoms with E-state index in [9.17, 15) is 4.79 Å². The van der Waals surface area contributed by atoms with Crippen LogP contribution < -0.4 is 10.5 Å². The molecule has 1 aromatic carbocycles. The summed E-state index contributed by atoms with van der Waals surface area (Å²) in [5, 5.41) is 8.89. The second-order valence-electron chi connectivity index (χ2n) is 3.66. The number of anilines is 1. The highest BCUT2D eigenvalue weighted by Gasteiger charge is 2.18. The third kappa shape index (κ3) is 2.25. The molecule has 86 valence electrons. The summed E-state index contributed by atoms with van der Waals surface area (Å²) in [6.45, 7) is 1.23. The number of ether oxygens (including phenoxy) is 2. The molecule has 1 saturated heterocycles. The summed E-state index contributed by atoms with van der Waals surface area (Å²) in [5.41, 5.74) is 5.84. The molecule has 0 spiro atoms. The largest absolute Gasteiger partial charge is 0.488 e. The molecule has 5 nitrogen and oxygen atoms in total.